The topological polar surface area (TPSA) is 90.8 Å². The molecule has 2 amide bonds. The molecule has 0 aromatic heterocycles. The predicted octanol–water partition coefficient (Wildman–Crippen LogP) is 1.68. The highest BCUT2D eigenvalue weighted by molar-refractivity contribution is 5.97. The molecule has 3 N–H and O–H groups in total. The van der Waals surface area contributed by atoms with Gasteiger partial charge in [-0.2, -0.15) is 5.10 Å². The van der Waals surface area contributed by atoms with Crippen LogP contribution in [0.3, 0.4) is 0 Å². The normalized spacial score (nSPS) is 15.6. The van der Waals surface area contributed by atoms with Crippen LogP contribution in [0.5, 0.6) is 5.75 Å². The zero-order valence-corrected chi connectivity index (χ0v) is 12.4. The average Bonchev–Trinajstić information content (AvgIpc) is 2.50. The van der Waals surface area contributed by atoms with Gasteiger partial charge in [-0.1, -0.05) is 31.4 Å². The van der Waals surface area contributed by atoms with E-state index < -0.39 is 5.91 Å². The van der Waals surface area contributed by atoms with E-state index in [2.05, 4.69) is 15.8 Å². The molecular weight excluding hydrogens is 282 g/mol. The summed E-state index contributed by atoms with van der Waals surface area (Å²) < 4.78 is 0. The summed E-state index contributed by atoms with van der Waals surface area (Å²) in [5.41, 5.74) is 2.78. The Bertz CT molecular complexity index is 551. The van der Waals surface area contributed by atoms with Gasteiger partial charge in [-0.3, -0.25) is 9.59 Å². The zero-order chi connectivity index (χ0) is 15.8. The molecule has 0 spiro atoms. The van der Waals surface area contributed by atoms with Gasteiger partial charge in [0.1, 0.15) is 12.2 Å². The molecule has 2 rings (SSSR count). The number of carbonyl (C=O) groups is 2. The van der Waals surface area contributed by atoms with Crippen LogP contribution < -0.4 is 10.7 Å². The van der Waals surface area contributed by atoms with Crippen molar-refractivity contribution in [2.45, 2.75) is 44.6 Å². The van der Waals surface area contributed by atoms with Crippen molar-refractivity contribution in [1.29, 1.82) is 0 Å². The van der Waals surface area contributed by atoms with Crippen LogP contribution in [0.15, 0.2) is 29.4 Å². The third-order valence-corrected chi connectivity index (χ3v) is 3.62. The van der Waals surface area contributed by atoms with Gasteiger partial charge in [0.05, 0.1) is 6.21 Å². The Morgan fingerprint density at radius 3 is 2.64 bits per heavy atom. The van der Waals surface area contributed by atoms with Crippen molar-refractivity contribution >= 4 is 18.0 Å². The zero-order valence-electron chi connectivity index (χ0n) is 12.4. The number of rotatable bonds is 5. The van der Waals surface area contributed by atoms with Gasteiger partial charge in [-0.15, -0.1) is 0 Å². The first-order valence-electron chi connectivity index (χ1n) is 7.54. The van der Waals surface area contributed by atoms with Crippen LogP contribution in [0.1, 0.15) is 44.1 Å². The lowest BCUT2D eigenvalue weighted by Gasteiger charge is -2.22. The number of carbonyl (C=O) groups excluding carboxylic acids is 2. The van der Waals surface area contributed by atoms with Crippen molar-refractivity contribution < 1.29 is 14.7 Å². The maximum Gasteiger partial charge on any atom is 0.249 e. The summed E-state index contributed by atoms with van der Waals surface area (Å²) in [4.78, 5) is 23.4. The van der Waals surface area contributed by atoms with Gasteiger partial charge in [-0.05, 0) is 25.0 Å². The summed E-state index contributed by atoms with van der Waals surface area (Å²) in [6, 6.07) is 6.84. The monoisotopic (exact) mass is 303 g/mol. The number of nitrogens with zero attached hydrogens (tertiary/aromatic N) is 1. The van der Waals surface area contributed by atoms with E-state index in [-0.39, 0.29) is 24.1 Å². The number of hydrogen-bond donors (Lipinski definition) is 3. The van der Waals surface area contributed by atoms with Crippen molar-refractivity contribution in [3.63, 3.8) is 0 Å². The molecule has 6 heteroatoms. The van der Waals surface area contributed by atoms with Gasteiger partial charge in [0.15, 0.2) is 0 Å². The minimum absolute atomic E-state index is 0.0792. The van der Waals surface area contributed by atoms with E-state index in [0.717, 1.165) is 25.7 Å². The summed E-state index contributed by atoms with van der Waals surface area (Å²) in [7, 11) is 0. The maximum atomic E-state index is 11.7. The van der Waals surface area contributed by atoms with E-state index in [9.17, 15) is 14.7 Å². The molecule has 0 heterocycles. The molecule has 6 nitrogen and oxygen atoms in total. The lowest BCUT2D eigenvalue weighted by molar-refractivity contribution is -0.129. The lowest BCUT2D eigenvalue weighted by Crippen LogP contribution is -2.38. The van der Waals surface area contributed by atoms with Crippen LogP contribution in [-0.2, 0) is 9.59 Å². The standard InChI is InChI=1S/C16H21N3O3/c20-14-9-5-4-6-12(14)11-17-19-16(22)10-15(21)18-13-7-2-1-3-8-13/h4-6,9,11,13,20H,1-3,7-8,10H2,(H,18,21)(H,19,22)/b17-11-. The van der Waals surface area contributed by atoms with E-state index >= 15 is 0 Å². The second-order valence-corrected chi connectivity index (χ2v) is 5.43. The Morgan fingerprint density at radius 2 is 1.91 bits per heavy atom. The Labute approximate surface area is 129 Å². The van der Waals surface area contributed by atoms with Crippen molar-refractivity contribution in [2.75, 3.05) is 0 Å². The first-order chi connectivity index (χ1) is 10.6. The number of hydrogen-bond acceptors (Lipinski definition) is 4. The van der Waals surface area contributed by atoms with Crippen LogP contribution in [-0.4, -0.2) is 29.2 Å². The predicted molar refractivity (Wildman–Crippen MR) is 83.5 cm³/mol. The van der Waals surface area contributed by atoms with Crippen LogP contribution in [0.25, 0.3) is 0 Å². The highest BCUT2D eigenvalue weighted by atomic mass is 16.3. The Hall–Kier alpha value is -2.37. The summed E-state index contributed by atoms with van der Waals surface area (Å²) in [6.45, 7) is 0. The second kappa shape index (κ2) is 8.17. The Kier molecular flexibility index (Phi) is 5.94. The molecule has 118 valence electrons. The summed E-state index contributed by atoms with van der Waals surface area (Å²) in [6.07, 6.45) is 6.54. The van der Waals surface area contributed by atoms with Gasteiger partial charge in [-0.25, -0.2) is 5.43 Å². The van der Waals surface area contributed by atoms with E-state index in [4.69, 9.17) is 0 Å². The molecular formula is C16H21N3O3. The molecule has 0 unspecified atom stereocenters. The van der Waals surface area contributed by atoms with E-state index in [1.54, 1.807) is 18.2 Å². The van der Waals surface area contributed by atoms with Gasteiger partial charge >= 0.3 is 0 Å². The summed E-state index contributed by atoms with van der Waals surface area (Å²) >= 11 is 0. The molecule has 1 aromatic rings. The minimum Gasteiger partial charge on any atom is -0.507 e. The Morgan fingerprint density at radius 1 is 1.18 bits per heavy atom. The third kappa shape index (κ3) is 5.20. The third-order valence-electron chi connectivity index (χ3n) is 3.62. The number of para-hydroxylation sites is 1. The van der Waals surface area contributed by atoms with Crippen LogP contribution in [0.2, 0.25) is 0 Å². The molecule has 0 aliphatic heterocycles. The molecule has 1 aliphatic rings. The van der Waals surface area contributed by atoms with Gasteiger partial charge in [0, 0.05) is 11.6 Å². The van der Waals surface area contributed by atoms with Gasteiger partial charge < -0.3 is 10.4 Å². The van der Waals surface area contributed by atoms with Crippen molar-refractivity contribution in [2.24, 2.45) is 5.10 Å². The highest BCUT2D eigenvalue weighted by Crippen LogP contribution is 2.17. The SMILES string of the molecule is O=C(CC(=O)NC1CCCCC1)N/N=C\c1ccccc1O. The van der Waals surface area contributed by atoms with E-state index in [0.29, 0.717) is 5.56 Å². The second-order valence-electron chi connectivity index (χ2n) is 5.43. The smallest absolute Gasteiger partial charge is 0.249 e. The Balaban J connectivity index is 1.73. The fourth-order valence-electron chi connectivity index (χ4n) is 2.48. The van der Waals surface area contributed by atoms with Crippen LogP contribution in [0.4, 0.5) is 0 Å². The first-order valence-corrected chi connectivity index (χ1v) is 7.54. The molecule has 0 bridgehead atoms. The van der Waals surface area contributed by atoms with Crippen molar-refractivity contribution in [3.05, 3.63) is 29.8 Å². The average molecular weight is 303 g/mol. The molecule has 1 fully saturated rings. The number of nitrogens with one attached hydrogen (secondary N) is 2. The van der Waals surface area contributed by atoms with Crippen molar-refractivity contribution in [3.8, 4) is 5.75 Å². The number of aromatic hydroxyl groups is 1. The number of phenols is 1. The molecule has 1 aromatic carbocycles. The highest BCUT2D eigenvalue weighted by Gasteiger charge is 2.17. The number of benzene rings is 1. The lowest BCUT2D eigenvalue weighted by atomic mass is 9.95. The minimum atomic E-state index is -0.472. The number of hydrazone groups is 1. The van der Waals surface area contributed by atoms with E-state index in [1.807, 2.05) is 0 Å². The largest absolute Gasteiger partial charge is 0.507 e. The fraction of sp³-hybridized carbons (Fsp3) is 0.438. The van der Waals surface area contributed by atoms with Gasteiger partial charge in [0.2, 0.25) is 11.8 Å². The summed E-state index contributed by atoms with van der Waals surface area (Å²) in [5.74, 6) is -0.669. The molecule has 0 radical (unpaired) electrons. The molecule has 0 atom stereocenters. The molecule has 22 heavy (non-hydrogen) atoms. The van der Waals surface area contributed by atoms with E-state index in [1.165, 1.54) is 18.7 Å². The number of phenolic OH excluding ortho intramolecular Hbond substituents is 1. The molecule has 1 saturated carbocycles. The number of amides is 2. The fourth-order valence-corrected chi connectivity index (χ4v) is 2.48. The van der Waals surface area contributed by atoms with Crippen molar-refractivity contribution in [1.82, 2.24) is 10.7 Å². The van der Waals surface area contributed by atoms with Gasteiger partial charge in [0.25, 0.3) is 0 Å². The molecule has 1 aliphatic carbocycles. The quantitative estimate of drug-likeness (QED) is 0.439. The van der Waals surface area contributed by atoms with Crippen LogP contribution >= 0.6 is 0 Å². The molecule has 0 saturated heterocycles. The maximum absolute atomic E-state index is 11.7. The summed E-state index contributed by atoms with van der Waals surface area (Å²) in [5, 5.41) is 16.1. The van der Waals surface area contributed by atoms with Crippen LogP contribution in [0, 0.1) is 0 Å². The first kappa shape index (κ1) is 16.0.